The number of carboxylic acids is 1. The Labute approximate surface area is 128 Å². The van der Waals surface area contributed by atoms with Gasteiger partial charge >= 0.3 is 5.97 Å². The first-order valence-corrected chi connectivity index (χ1v) is 7.82. The maximum absolute atomic E-state index is 11.5. The van der Waals surface area contributed by atoms with Crippen LogP contribution in [0.25, 0.3) is 0 Å². The summed E-state index contributed by atoms with van der Waals surface area (Å²) in [6.45, 7) is 8.23. The lowest BCUT2D eigenvalue weighted by Gasteiger charge is -2.31. The van der Waals surface area contributed by atoms with Crippen LogP contribution in [-0.4, -0.2) is 36.2 Å². The number of para-hydroxylation sites is 1. The maximum Gasteiger partial charge on any atom is 0.323 e. The number of nitrogens with zero attached hydrogens (tertiary/aromatic N) is 1. The Kier molecular flexibility index (Phi) is 7.23. The third-order valence-electron chi connectivity index (χ3n) is 3.82. The SMILES string of the molecule is CCCCN(CCC(C)(NCC)C(=O)O)c1ccccc1. The van der Waals surface area contributed by atoms with Crippen LogP contribution in [0.5, 0.6) is 0 Å². The fraction of sp³-hybridized carbons (Fsp3) is 0.588. The van der Waals surface area contributed by atoms with Gasteiger partial charge in [-0.25, -0.2) is 0 Å². The van der Waals surface area contributed by atoms with Gasteiger partial charge < -0.3 is 15.3 Å². The van der Waals surface area contributed by atoms with E-state index < -0.39 is 11.5 Å². The molecule has 0 heterocycles. The number of likely N-dealkylation sites (N-methyl/N-ethyl adjacent to an activating group) is 1. The highest BCUT2D eigenvalue weighted by molar-refractivity contribution is 5.78. The van der Waals surface area contributed by atoms with Gasteiger partial charge in [-0.1, -0.05) is 38.5 Å². The van der Waals surface area contributed by atoms with Crippen molar-refractivity contribution in [1.82, 2.24) is 5.32 Å². The van der Waals surface area contributed by atoms with Crippen molar-refractivity contribution < 1.29 is 9.90 Å². The van der Waals surface area contributed by atoms with E-state index in [1.165, 1.54) is 0 Å². The van der Waals surface area contributed by atoms with Crippen LogP contribution in [-0.2, 0) is 4.79 Å². The van der Waals surface area contributed by atoms with E-state index in [0.717, 1.165) is 31.6 Å². The van der Waals surface area contributed by atoms with E-state index >= 15 is 0 Å². The molecule has 4 nitrogen and oxygen atoms in total. The lowest BCUT2D eigenvalue weighted by atomic mass is 9.97. The zero-order valence-corrected chi connectivity index (χ0v) is 13.4. The summed E-state index contributed by atoms with van der Waals surface area (Å²) >= 11 is 0. The lowest BCUT2D eigenvalue weighted by Crippen LogP contribution is -2.51. The quantitative estimate of drug-likeness (QED) is 0.695. The van der Waals surface area contributed by atoms with Gasteiger partial charge in [0, 0.05) is 18.8 Å². The van der Waals surface area contributed by atoms with Gasteiger partial charge in [-0.15, -0.1) is 0 Å². The van der Waals surface area contributed by atoms with Crippen molar-refractivity contribution in [2.75, 3.05) is 24.5 Å². The number of rotatable bonds is 10. The summed E-state index contributed by atoms with van der Waals surface area (Å²) in [5.74, 6) is -0.784. The van der Waals surface area contributed by atoms with Crippen LogP contribution < -0.4 is 10.2 Å². The molecule has 21 heavy (non-hydrogen) atoms. The Bertz CT molecular complexity index is 422. The number of hydrogen-bond donors (Lipinski definition) is 2. The number of hydrogen-bond acceptors (Lipinski definition) is 3. The molecule has 0 aliphatic carbocycles. The monoisotopic (exact) mass is 292 g/mol. The average molecular weight is 292 g/mol. The van der Waals surface area contributed by atoms with Gasteiger partial charge in [0.2, 0.25) is 0 Å². The highest BCUT2D eigenvalue weighted by Gasteiger charge is 2.32. The Morgan fingerprint density at radius 1 is 1.24 bits per heavy atom. The number of unbranched alkanes of at least 4 members (excludes halogenated alkanes) is 1. The molecule has 0 bridgehead atoms. The molecule has 1 aromatic rings. The van der Waals surface area contributed by atoms with Crippen molar-refractivity contribution in [1.29, 1.82) is 0 Å². The molecule has 1 rings (SSSR count). The summed E-state index contributed by atoms with van der Waals surface area (Å²) in [6.07, 6.45) is 2.82. The minimum Gasteiger partial charge on any atom is -0.480 e. The van der Waals surface area contributed by atoms with Crippen molar-refractivity contribution in [3.05, 3.63) is 30.3 Å². The first-order valence-electron chi connectivity index (χ1n) is 7.82. The second kappa shape index (κ2) is 8.67. The summed E-state index contributed by atoms with van der Waals surface area (Å²) in [7, 11) is 0. The molecule has 0 saturated carbocycles. The number of anilines is 1. The molecule has 4 heteroatoms. The zero-order chi connectivity index (χ0) is 15.7. The van der Waals surface area contributed by atoms with E-state index in [9.17, 15) is 9.90 Å². The molecule has 0 aromatic heterocycles. The van der Waals surface area contributed by atoms with Crippen molar-refractivity contribution in [2.45, 2.75) is 45.6 Å². The van der Waals surface area contributed by atoms with Crippen LogP contribution in [0.4, 0.5) is 5.69 Å². The van der Waals surface area contributed by atoms with E-state index in [1.807, 2.05) is 25.1 Å². The van der Waals surface area contributed by atoms with E-state index in [2.05, 4.69) is 29.3 Å². The summed E-state index contributed by atoms with van der Waals surface area (Å²) < 4.78 is 0. The van der Waals surface area contributed by atoms with Gasteiger partial charge in [-0.05, 0) is 38.4 Å². The Balaban J connectivity index is 2.75. The minimum absolute atomic E-state index is 0.578. The predicted molar refractivity (Wildman–Crippen MR) is 87.9 cm³/mol. The van der Waals surface area contributed by atoms with Crippen LogP contribution in [0.3, 0.4) is 0 Å². The van der Waals surface area contributed by atoms with E-state index in [0.29, 0.717) is 13.0 Å². The van der Waals surface area contributed by atoms with Gasteiger partial charge in [0.15, 0.2) is 0 Å². The highest BCUT2D eigenvalue weighted by atomic mass is 16.4. The van der Waals surface area contributed by atoms with Crippen molar-refractivity contribution >= 4 is 11.7 Å². The summed E-state index contributed by atoms with van der Waals surface area (Å²) in [4.78, 5) is 13.8. The molecule has 1 unspecified atom stereocenters. The number of nitrogens with one attached hydrogen (secondary N) is 1. The number of benzene rings is 1. The Morgan fingerprint density at radius 3 is 2.43 bits per heavy atom. The van der Waals surface area contributed by atoms with E-state index in [1.54, 1.807) is 6.92 Å². The summed E-state index contributed by atoms with van der Waals surface area (Å²) in [5, 5.41) is 12.5. The molecule has 1 aromatic carbocycles. The molecule has 1 atom stereocenters. The predicted octanol–water partition coefficient (Wildman–Crippen LogP) is 3.14. The molecule has 0 aliphatic rings. The third-order valence-corrected chi connectivity index (χ3v) is 3.82. The molecule has 118 valence electrons. The van der Waals surface area contributed by atoms with Gasteiger partial charge in [-0.3, -0.25) is 4.79 Å². The first kappa shape index (κ1) is 17.5. The molecule has 0 radical (unpaired) electrons. The van der Waals surface area contributed by atoms with Crippen LogP contribution in [0.2, 0.25) is 0 Å². The summed E-state index contributed by atoms with van der Waals surface area (Å²) in [5.41, 5.74) is 0.295. The molecule has 2 N–H and O–H groups in total. The standard InChI is InChI=1S/C17H28N2O2/c1-4-6-13-19(15-10-8-7-9-11-15)14-12-17(3,16(20)21)18-5-2/h7-11,18H,4-6,12-14H2,1-3H3,(H,20,21). The summed E-state index contributed by atoms with van der Waals surface area (Å²) in [6, 6.07) is 10.2. The van der Waals surface area contributed by atoms with Gasteiger partial charge in [0.05, 0.1) is 0 Å². The first-order chi connectivity index (χ1) is 10.0. The van der Waals surface area contributed by atoms with Gasteiger partial charge in [-0.2, -0.15) is 0 Å². The molecular weight excluding hydrogens is 264 g/mol. The van der Waals surface area contributed by atoms with Gasteiger partial charge in [0.25, 0.3) is 0 Å². The van der Waals surface area contributed by atoms with Crippen LogP contribution in [0.15, 0.2) is 30.3 Å². The second-order valence-corrected chi connectivity index (χ2v) is 5.59. The Hall–Kier alpha value is -1.55. The van der Waals surface area contributed by atoms with E-state index in [-0.39, 0.29) is 0 Å². The molecule has 0 saturated heterocycles. The molecule has 0 aliphatic heterocycles. The zero-order valence-electron chi connectivity index (χ0n) is 13.4. The largest absolute Gasteiger partial charge is 0.480 e. The average Bonchev–Trinajstić information content (AvgIpc) is 2.48. The molecule has 0 amide bonds. The number of carboxylic acid groups (broad SMARTS) is 1. The topological polar surface area (TPSA) is 52.6 Å². The minimum atomic E-state index is -0.867. The van der Waals surface area contributed by atoms with Crippen LogP contribution in [0.1, 0.15) is 40.0 Å². The van der Waals surface area contributed by atoms with Crippen LogP contribution >= 0.6 is 0 Å². The molecule has 0 fully saturated rings. The molecule has 0 spiro atoms. The normalized spacial score (nSPS) is 13.7. The number of aliphatic carboxylic acids is 1. The second-order valence-electron chi connectivity index (χ2n) is 5.59. The van der Waals surface area contributed by atoms with Crippen molar-refractivity contribution in [3.63, 3.8) is 0 Å². The van der Waals surface area contributed by atoms with Crippen molar-refractivity contribution in [2.24, 2.45) is 0 Å². The fourth-order valence-corrected chi connectivity index (χ4v) is 2.38. The Morgan fingerprint density at radius 2 is 1.90 bits per heavy atom. The van der Waals surface area contributed by atoms with Crippen LogP contribution in [0, 0.1) is 0 Å². The third kappa shape index (κ3) is 5.38. The lowest BCUT2D eigenvalue weighted by molar-refractivity contribution is -0.144. The van der Waals surface area contributed by atoms with E-state index in [4.69, 9.17) is 0 Å². The van der Waals surface area contributed by atoms with Crippen molar-refractivity contribution in [3.8, 4) is 0 Å². The van der Waals surface area contributed by atoms with Gasteiger partial charge in [0.1, 0.15) is 5.54 Å². The number of carbonyl (C=O) groups is 1. The smallest absolute Gasteiger partial charge is 0.323 e. The highest BCUT2D eigenvalue weighted by Crippen LogP contribution is 2.18. The molecular formula is C17H28N2O2. The maximum atomic E-state index is 11.5. The fourth-order valence-electron chi connectivity index (χ4n) is 2.38.